The molecule has 1 aromatic heterocycles. The number of anilines is 2. The van der Waals surface area contributed by atoms with Gasteiger partial charge in [0.05, 0.1) is 21.6 Å². The van der Waals surface area contributed by atoms with Crippen molar-refractivity contribution in [3.05, 3.63) is 17.6 Å². The summed E-state index contributed by atoms with van der Waals surface area (Å²) in [5.41, 5.74) is 11.1. The lowest BCUT2D eigenvalue weighted by Gasteiger charge is -2.36. The molecule has 90 valence electrons. The van der Waals surface area contributed by atoms with Gasteiger partial charge in [-0.3, -0.25) is 0 Å². The molecule has 2 aromatic rings. The lowest BCUT2D eigenvalue weighted by molar-refractivity contribution is 0.485. The summed E-state index contributed by atoms with van der Waals surface area (Å²) in [5.74, 6) is 0. The number of thiazole rings is 1. The van der Waals surface area contributed by atoms with Gasteiger partial charge in [-0.15, -0.1) is 11.3 Å². The van der Waals surface area contributed by atoms with Crippen LogP contribution in [0.1, 0.15) is 26.2 Å². The highest BCUT2D eigenvalue weighted by Gasteiger charge is 2.21. The summed E-state index contributed by atoms with van der Waals surface area (Å²) in [6.45, 7) is 3.39. The van der Waals surface area contributed by atoms with Crippen molar-refractivity contribution in [3.8, 4) is 0 Å². The molecular weight excluding hydrogens is 230 g/mol. The molecule has 1 atom stereocenters. The second-order valence-electron chi connectivity index (χ2n) is 4.74. The molecule has 2 N–H and O–H groups in total. The number of fused-ring (bicyclic) bond motifs is 1. The Bertz CT molecular complexity index is 534. The smallest absolute Gasteiger partial charge is 0.106 e. The maximum Gasteiger partial charge on any atom is 0.106 e. The molecule has 0 bridgehead atoms. The minimum atomic E-state index is 0.585. The number of nitrogens with zero attached hydrogens (tertiary/aromatic N) is 2. The first-order valence-electron chi connectivity index (χ1n) is 6.15. The van der Waals surface area contributed by atoms with Gasteiger partial charge >= 0.3 is 0 Å². The lowest BCUT2D eigenvalue weighted by atomic mass is 10.0. The van der Waals surface area contributed by atoms with Crippen LogP contribution in [0.5, 0.6) is 0 Å². The molecular formula is C13H17N3S. The first-order chi connectivity index (χ1) is 8.27. The summed E-state index contributed by atoms with van der Waals surface area (Å²) in [5, 5.41) is 0. The van der Waals surface area contributed by atoms with Crippen molar-refractivity contribution < 1.29 is 0 Å². The SMILES string of the molecule is CC1CCCCN1c1ccc2scnc2c1N. The molecule has 3 nitrogen and oxygen atoms in total. The van der Waals surface area contributed by atoms with Crippen LogP contribution in [0.2, 0.25) is 0 Å². The highest BCUT2D eigenvalue weighted by Crippen LogP contribution is 2.35. The second kappa shape index (κ2) is 4.18. The number of hydrogen-bond donors (Lipinski definition) is 1. The predicted molar refractivity (Wildman–Crippen MR) is 74.7 cm³/mol. The van der Waals surface area contributed by atoms with E-state index in [2.05, 4.69) is 28.9 Å². The minimum Gasteiger partial charge on any atom is -0.395 e. The van der Waals surface area contributed by atoms with Gasteiger partial charge in [-0.25, -0.2) is 4.98 Å². The average molecular weight is 247 g/mol. The normalized spacial score (nSPS) is 21.0. The van der Waals surface area contributed by atoms with Crippen molar-refractivity contribution >= 4 is 32.9 Å². The van der Waals surface area contributed by atoms with Crippen LogP contribution < -0.4 is 10.6 Å². The predicted octanol–water partition coefficient (Wildman–Crippen LogP) is 3.26. The molecule has 0 amide bonds. The van der Waals surface area contributed by atoms with Gasteiger partial charge in [0.2, 0.25) is 0 Å². The number of nitrogens with two attached hydrogens (primary N) is 1. The van der Waals surface area contributed by atoms with Crippen molar-refractivity contribution in [2.45, 2.75) is 32.2 Å². The number of rotatable bonds is 1. The molecule has 4 heteroatoms. The van der Waals surface area contributed by atoms with Gasteiger partial charge in [-0.1, -0.05) is 0 Å². The molecule has 2 heterocycles. The first-order valence-corrected chi connectivity index (χ1v) is 7.03. The Balaban J connectivity index is 2.06. The van der Waals surface area contributed by atoms with Crippen LogP contribution in [0.4, 0.5) is 11.4 Å². The number of aromatic nitrogens is 1. The molecule has 1 fully saturated rings. The first kappa shape index (κ1) is 10.8. The van der Waals surface area contributed by atoms with Crippen molar-refractivity contribution in [3.63, 3.8) is 0 Å². The van der Waals surface area contributed by atoms with E-state index in [9.17, 15) is 0 Å². The highest BCUT2D eigenvalue weighted by molar-refractivity contribution is 7.16. The van der Waals surface area contributed by atoms with Crippen LogP contribution in [0.25, 0.3) is 10.2 Å². The van der Waals surface area contributed by atoms with Gasteiger partial charge in [0, 0.05) is 12.6 Å². The van der Waals surface area contributed by atoms with Crippen LogP contribution in [0, 0.1) is 0 Å². The maximum absolute atomic E-state index is 6.26. The molecule has 1 aliphatic rings. The molecule has 0 radical (unpaired) electrons. The Morgan fingerprint density at radius 2 is 2.29 bits per heavy atom. The molecule has 3 rings (SSSR count). The van der Waals surface area contributed by atoms with Gasteiger partial charge in [0.25, 0.3) is 0 Å². The fraction of sp³-hybridized carbons (Fsp3) is 0.462. The number of benzene rings is 1. The zero-order valence-corrected chi connectivity index (χ0v) is 10.8. The Labute approximate surface area is 105 Å². The fourth-order valence-electron chi connectivity index (χ4n) is 2.65. The zero-order chi connectivity index (χ0) is 11.8. The van der Waals surface area contributed by atoms with Gasteiger partial charge < -0.3 is 10.6 Å². The molecule has 0 spiro atoms. The van der Waals surface area contributed by atoms with Crippen molar-refractivity contribution in [2.24, 2.45) is 0 Å². The molecule has 0 saturated carbocycles. The van der Waals surface area contributed by atoms with E-state index in [1.807, 2.05) is 5.51 Å². The number of hydrogen-bond acceptors (Lipinski definition) is 4. The van der Waals surface area contributed by atoms with E-state index in [1.165, 1.54) is 24.0 Å². The standard InChI is InChI=1S/C13H17N3S/c1-9-4-2-3-7-16(9)10-5-6-11-13(12(10)14)15-8-17-11/h5-6,8-9H,2-4,7,14H2,1H3. The summed E-state index contributed by atoms with van der Waals surface area (Å²) in [6, 6.07) is 4.87. The topological polar surface area (TPSA) is 42.2 Å². The fourth-order valence-corrected chi connectivity index (χ4v) is 3.34. The van der Waals surface area contributed by atoms with Gasteiger partial charge in [-0.05, 0) is 38.3 Å². The Kier molecular flexibility index (Phi) is 2.67. The summed E-state index contributed by atoms with van der Waals surface area (Å²) in [6.07, 6.45) is 3.85. The lowest BCUT2D eigenvalue weighted by Crippen LogP contribution is -2.37. The summed E-state index contributed by atoms with van der Waals surface area (Å²) >= 11 is 1.65. The van der Waals surface area contributed by atoms with Gasteiger partial charge in [-0.2, -0.15) is 0 Å². The van der Waals surface area contributed by atoms with E-state index in [-0.39, 0.29) is 0 Å². The van der Waals surface area contributed by atoms with Crippen LogP contribution in [0.15, 0.2) is 17.6 Å². The Morgan fingerprint density at radius 1 is 1.41 bits per heavy atom. The van der Waals surface area contributed by atoms with Crippen LogP contribution in [-0.4, -0.2) is 17.6 Å². The van der Waals surface area contributed by atoms with E-state index >= 15 is 0 Å². The number of piperidine rings is 1. The number of nitrogen functional groups attached to an aromatic ring is 1. The Hall–Kier alpha value is -1.29. The van der Waals surface area contributed by atoms with Crippen LogP contribution in [-0.2, 0) is 0 Å². The van der Waals surface area contributed by atoms with E-state index < -0.39 is 0 Å². The summed E-state index contributed by atoms with van der Waals surface area (Å²) in [4.78, 5) is 6.79. The summed E-state index contributed by atoms with van der Waals surface area (Å²) in [7, 11) is 0. The zero-order valence-electron chi connectivity index (χ0n) is 10.0. The second-order valence-corrected chi connectivity index (χ2v) is 5.62. The van der Waals surface area contributed by atoms with Crippen molar-refractivity contribution in [1.29, 1.82) is 0 Å². The van der Waals surface area contributed by atoms with E-state index in [0.29, 0.717) is 6.04 Å². The van der Waals surface area contributed by atoms with Crippen molar-refractivity contribution in [2.75, 3.05) is 17.2 Å². The van der Waals surface area contributed by atoms with E-state index in [1.54, 1.807) is 11.3 Å². The minimum absolute atomic E-state index is 0.585. The van der Waals surface area contributed by atoms with Gasteiger partial charge in [0.15, 0.2) is 0 Å². The molecule has 1 aliphatic heterocycles. The van der Waals surface area contributed by atoms with E-state index in [0.717, 1.165) is 23.4 Å². The largest absolute Gasteiger partial charge is 0.395 e. The molecule has 1 unspecified atom stereocenters. The maximum atomic E-state index is 6.26. The molecule has 0 aliphatic carbocycles. The average Bonchev–Trinajstić information content (AvgIpc) is 2.80. The Morgan fingerprint density at radius 3 is 3.12 bits per heavy atom. The molecule has 1 saturated heterocycles. The molecule has 17 heavy (non-hydrogen) atoms. The highest BCUT2D eigenvalue weighted by atomic mass is 32.1. The molecule has 1 aromatic carbocycles. The monoisotopic (exact) mass is 247 g/mol. The quantitative estimate of drug-likeness (QED) is 0.786. The summed E-state index contributed by atoms with van der Waals surface area (Å²) < 4.78 is 1.18. The third-order valence-corrected chi connectivity index (χ3v) is 4.43. The van der Waals surface area contributed by atoms with Gasteiger partial charge in [0.1, 0.15) is 5.52 Å². The van der Waals surface area contributed by atoms with Crippen LogP contribution in [0.3, 0.4) is 0 Å². The van der Waals surface area contributed by atoms with E-state index in [4.69, 9.17) is 5.73 Å². The van der Waals surface area contributed by atoms with Crippen molar-refractivity contribution in [1.82, 2.24) is 4.98 Å². The van der Waals surface area contributed by atoms with Crippen LogP contribution >= 0.6 is 11.3 Å². The third-order valence-electron chi connectivity index (χ3n) is 3.63. The third kappa shape index (κ3) is 1.76.